The average Bonchev–Trinajstić information content (AvgIpc) is 3.36. The summed E-state index contributed by atoms with van der Waals surface area (Å²) in [7, 11) is 1.77. The molecule has 37 heavy (non-hydrogen) atoms. The van der Waals surface area contributed by atoms with Gasteiger partial charge < -0.3 is 15.0 Å². The Morgan fingerprint density at radius 2 is 1.95 bits per heavy atom. The molecule has 1 aromatic heterocycles. The maximum atomic E-state index is 14.6. The number of hydrogen-bond acceptors (Lipinski definition) is 4. The minimum absolute atomic E-state index is 0.0385. The molecule has 6 heteroatoms. The van der Waals surface area contributed by atoms with Gasteiger partial charge in [-0.1, -0.05) is 55.1 Å². The Bertz CT molecular complexity index is 1130. The zero-order chi connectivity index (χ0) is 25.4. The molecule has 4 atom stereocenters. The van der Waals surface area contributed by atoms with Crippen molar-refractivity contribution in [2.24, 2.45) is 11.8 Å². The summed E-state index contributed by atoms with van der Waals surface area (Å²) in [5.41, 5.74) is 3.49. The number of hydrogen-bond donors (Lipinski definition) is 1. The van der Waals surface area contributed by atoms with Gasteiger partial charge in [0.1, 0.15) is 10.9 Å². The van der Waals surface area contributed by atoms with Crippen LogP contribution in [0.5, 0.6) is 5.75 Å². The summed E-state index contributed by atoms with van der Waals surface area (Å²) in [5, 5.41) is 4.18. The third-order valence-electron chi connectivity index (χ3n) is 9.97. The molecule has 2 aliphatic heterocycles. The standard InChI is InChI=1S/C31H40ClN3O2/c1-37-28-12-6-5-10-23(28)22-15-17-35(27(18-22)21-8-3-2-4-9-21)30(36)25-19-33-20-31(25)16-7-11-26-24(31)13-14-29(32)34-26/h5-6,10,12-14,21-22,25,27,33H,2-4,7-9,11,15-20H2,1H3/t22-,25+,27+,31+/m1/s1. The number of ether oxygens (including phenoxy) is 1. The van der Waals surface area contributed by atoms with Crippen LogP contribution in [0.1, 0.15) is 80.5 Å². The van der Waals surface area contributed by atoms with E-state index in [9.17, 15) is 4.79 Å². The van der Waals surface area contributed by atoms with Gasteiger partial charge in [0, 0.05) is 36.8 Å². The molecule has 1 aromatic carbocycles. The van der Waals surface area contributed by atoms with Crippen LogP contribution in [0, 0.1) is 11.8 Å². The lowest BCUT2D eigenvalue weighted by Gasteiger charge is -2.48. The first-order valence-corrected chi connectivity index (χ1v) is 14.8. The summed E-state index contributed by atoms with van der Waals surface area (Å²) in [6, 6.07) is 12.9. The Labute approximate surface area is 226 Å². The molecule has 4 aliphatic rings. The molecule has 1 spiro atoms. The molecule has 5 nitrogen and oxygen atoms in total. The van der Waals surface area contributed by atoms with Crippen LogP contribution < -0.4 is 10.1 Å². The van der Waals surface area contributed by atoms with E-state index in [1.165, 1.54) is 43.2 Å². The number of piperidine rings is 1. The van der Waals surface area contributed by atoms with Crippen LogP contribution in [0.4, 0.5) is 0 Å². The van der Waals surface area contributed by atoms with E-state index >= 15 is 0 Å². The fourth-order valence-corrected chi connectivity index (χ4v) is 8.34. The molecular formula is C31H40ClN3O2. The average molecular weight is 522 g/mol. The van der Waals surface area contributed by atoms with Gasteiger partial charge >= 0.3 is 0 Å². The number of amides is 1. The van der Waals surface area contributed by atoms with E-state index in [1.807, 2.05) is 6.07 Å². The second kappa shape index (κ2) is 10.6. The van der Waals surface area contributed by atoms with Crippen LogP contribution in [-0.4, -0.2) is 48.6 Å². The van der Waals surface area contributed by atoms with E-state index < -0.39 is 0 Å². The predicted octanol–water partition coefficient (Wildman–Crippen LogP) is 5.89. The number of benzene rings is 1. The van der Waals surface area contributed by atoms with Crippen LogP contribution in [0.3, 0.4) is 0 Å². The van der Waals surface area contributed by atoms with Crippen LogP contribution in [0.2, 0.25) is 5.15 Å². The van der Waals surface area contributed by atoms with Gasteiger partial charge in [0.15, 0.2) is 0 Å². The minimum Gasteiger partial charge on any atom is -0.496 e. The number of pyridine rings is 1. The first kappa shape index (κ1) is 25.2. The number of carbonyl (C=O) groups excluding carboxylic acids is 1. The lowest BCUT2D eigenvalue weighted by Crippen LogP contribution is -2.55. The van der Waals surface area contributed by atoms with Gasteiger partial charge in [-0.2, -0.15) is 0 Å². The van der Waals surface area contributed by atoms with Crippen molar-refractivity contribution in [1.82, 2.24) is 15.2 Å². The quantitative estimate of drug-likeness (QED) is 0.509. The molecule has 1 saturated carbocycles. The number of nitrogens with zero attached hydrogens (tertiary/aromatic N) is 2. The summed E-state index contributed by atoms with van der Waals surface area (Å²) >= 11 is 6.27. The van der Waals surface area contributed by atoms with E-state index in [0.717, 1.165) is 63.2 Å². The summed E-state index contributed by atoms with van der Waals surface area (Å²) in [6.07, 6.45) is 11.5. The topological polar surface area (TPSA) is 54.5 Å². The van der Waals surface area contributed by atoms with Crippen molar-refractivity contribution in [2.45, 2.75) is 81.6 Å². The molecule has 2 saturated heterocycles. The molecule has 3 fully saturated rings. The molecule has 3 heterocycles. The normalized spacial score (nSPS) is 30.3. The van der Waals surface area contributed by atoms with Crippen LogP contribution in [0.15, 0.2) is 36.4 Å². The van der Waals surface area contributed by atoms with Crippen LogP contribution in [0.25, 0.3) is 0 Å². The monoisotopic (exact) mass is 521 g/mol. The lowest BCUT2D eigenvalue weighted by molar-refractivity contribution is -0.143. The minimum atomic E-state index is -0.168. The number of rotatable bonds is 4. The number of para-hydroxylation sites is 1. The number of fused-ring (bicyclic) bond motifs is 2. The van der Waals surface area contributed by atoms with Gasteiger partial charge in [0.2, 0.25) is 5.91 Å². The van der Waals surface area contributed by atoms with Crippen molar-refractivity contribution in [3.05, 3.63) is 58.4 Å². The smallest absolute Gasteiger partial charge is 0.228 e. The van der Waals surface area contributed by atoms with Gasteiger partial charge in [-0.15, -0.1) is 0 Å². The highest BCUT2D eigenvalue weighted by Crippen LogP contribution is 2.48. The highest BCUT2D eigenvalue weighted by Gasteiger charge is 2.52. The molecule has 0 unspecified atom stereocenters. The zero-order valence-corrected chi connectivity index (χ0v) is 22.8. The third kappa shape index (κ3) is 4.57. The predicted molar refractivity (Wildman–Crippen MR) is 147 cm³/mol. The van der Waals surface area contributed by atoms with Crippen molar-refractivity contribution in [2.75, 3.05) is 26.7 Å². The van der Waals surface area contributed by atoms with Gasteiger partial charge in [-0.25, -0.2) is 4.98 Å². The first-order chi connectivity index (χ1) is 18.1. The maximum Gasteiger partial charge on any atom is 0.228 e. The molecule has 6 rings (SSSR count). The summed E-state index contributed by atoms with van der Waals surface area (Å²) in [6.45, 7) is 2.44. The highest BCUT2D eigenvalue weighted by atomic mass is 35.5. The van der Waals surface area contributed by atoms with Crippen molar-refractivity contribution in [3.63, 3.8) is 0 Å². The second-order valence-electron chi connectivity index (χ2n) is 11.8. The Kier molecular flexibility index (Phi) is 7.19. The molecular weight excluding hydrogens is 482 g/mol. The van der Waals surface area contributed by atoms with Crippen molar-refractivity contribution in [1.29, 1.82) is 0 Å². The summed E-state index contributed by atoms with van der Waals surface area (Å²) in [5.74, 6) is 2.34. The third-order valence-corrected chi connectivity index (χ3v) is 10.2. The fraction of sp³-hybridized carbons (Fsp3) is 0.613. The van der Waals surface area contributed by atoms with E-state index in [1.54, 1.807) is 7.11 Å². The van der Waals surface area contributed by atoms with Crippen molar-refractivity contribution >= 4 is 17.5 Å². The highest BCUT2D eigenvalue weighted by molar-refractivity contribution is 6.29. The maximum absolute atomic E-state index is 14.6. The molecule has 1 amide bonds. The zero-order valence-electron chi connectivity index (χ0n) is 22.1. The molecule has 0 radical (unpaired) electrons. The van der Waals surface area contributed by atoms with E-state index in [-0.39, 0.29) is 11.3 Å². The molecule has 2 aromatic rings. The molecule has 198 valence electrons. The fourth-order valence-electron chi connectivity index (χ4n) is 8.18. The van der Waals surface area contributed by atoms with Crippen LogP contribution >= 0.6 is 11.6 Å². The molecule has 0 bridgehead atoms. The SMILES string of the molecule is COc1ccccc1[C@@H]1CCN(C(=O)[C@@H]2CNC[C@]23CCCc2nc(Cl)ccc23)[C@H](C2CCCCC2)C1. The van der Waals surface area contributed by atoms with Gasteiger partial charge in [0.05, 0.1) is 13.0 Å². The van der Waals surface area contributed by atoms with E-state index in [0.29, 0.717) is 28.9 Å². The van der Waals surface area contributed by atoms with E-state index in [4.69, 9.17) is 16.3 Å². The number of nitrogens with one attached hydrogen (secondary N) is 1. The van der Waals surface area contributed by atoms with E-state index in [2.05, 4.69) is 45.5 Å². The molecule has 1 N–H and O–H groups in total. The van der Waals surface area contributed by atoms with Gasteiger partial charge in [-0.05, 0) is 80.0 Å². The number of aryl methyl sites for hydroxylation is 1. The summed E-state index contributed by atoms with van der Waals surface area (Å²) < 4.78 is 5.75. The van der Waals surface area contributed by atoms with Crippen molar-refractivity contribution < 1.29 is 9.53 Å². The Morgan fingerprint density at radius 1 is 1.11 bits per heavy atom. The van der Waals surface area contributed by atoms with Gasteiger partial charge in [0.25, 0.3) is 0 Å². The first-order valence-electron chi connectivity index (χ1n) is 14.4. The number of methoxy groups -OCH3 is 1. The Balaban J connectivity index is 1.31. The van der Waals surface area contributed by atoms with Crippen LogP contribution in [-0.2, 0) is 16.6 Å². The largest absolute Gasteiger partial charge is 0.496 e. The number of aromatic nitrogens is 1. The lowest BCUT2D eigenvalue weighted by atomic mass is 9.64. The number of halogens is 1. The van der Waals surface area contributed by atoms with Crippen molar-refractivity contribution in [3.8, 4) is 5.75 Å². The Hall–Kier alpha value is -2.11. The van der Waals surface area contributed by atoms with Gasteiger partial charge in [-0.3, -0.25) is 4.79 Å². The second-order valence-corrected chi connectivity index (χ2v) is 12.2. The Morgan fingerprint density at radius 3 is 2.78 bits per heavy atom. The number of likely N-dealkylation sites (tertiary alicyclic amines) is 1. The number of carbonyl (C=O) groups is 1. The summed E-state index contributed by atoms with van der Waals surface area (Å²) in [4.78, 5) is 21.6. The molecule has 2 aliphatic carbocycles.